The van der Waals surface area contributed by atoms with Gasteiger partial charge in [-0.15, -0.1) is 11.3 Å². The van der Waals surface area contributed by atoms with E-state index in [1.807, 2.05) is 24.4 Å². The molecule has 0 bridgehead atoms. The van der Waals surface area contributed by atoms with Crippen LogP contribution in [0.2, 0.25) is 0 Å². The molecule has 0 aliphatic heterocycles. The zero-order chi connectivity index (χ0) is 13.9. The van der Waals surface area contributed by atoms with Gasteiger partial charge in [0, 0.05) is 17.1 Å². The van der Waals surface area contributed by atoms with Crippen molar-refractivity contribution in [1.29, 1.82) is 0 Å². The van der Waals surface area contributed by atoms with Gasteiger partial charge in [-0.2, -0.15) is 0 Å². The van der Waals surface area contributed by atoms with E-state index in [9.17, 15) is 8.42 Å². The number of nitrogens with two attached hydrogens (primary N) is 1. The van der Waals surface area contributed by atoms with Crippen molar-refractivity contribution in [2.24, 2.45) is 0 Å². The number of thiophene rings is 1. The van der Waals surface area contributed by atoms with Gasteiger partial charge in [0.1, 0.15) is 0 Å². The highest BCUT2D eigenvalue weighted by atomic mass is 32.2. The van der Waals surface area contributed by atoms with E-state index in [1.54, 1.807) is 23.5 Å². The summed E-state index contributed by atoms with van der Waals surface area (Å²) in [6.45, 7) is 2.23. The Bertz CT molecular complexity index is 649. The molecule has 0 aliphatic carbocycles. The van der Waals surface area contributed by atoms with Crippen LogP contribution >= 0.6 is 11.3 Å². The minimum absolute atomic E-state index is 0.210. The van der Waals surface area contributed by atoms with Crippen molar-refractivity contribution < 1.29 is 8.42 Å². The largest absolute Gasteiger partial charge is 0.398 e. The molecule has 1 aromatic heterocycles. The van der Waals surface area contributed by atoms with Gasteiger partial charge in [0.2, 0.25) is 10.0 Å². The number of anilines is 1. The molecule has 1 aromatic carbocycles. The molecule has 0 spiro atoms. The molecule has 6 heteroatoms. The molecule has 0 atom stereocenters. The summed E-state index contributed by atoms with van der Waals surface area (Å²) < 4.78 is 26.7. The van der Waals surface area contributed by atoms with Crippen molar-refractivity contribution in [3.05, 3.63) is 46.2 Å². The molecule has 0 saturated heterocycles. The third kappa shape index (κ3) is 3.56. The summed E-state index contributed by atoms with van der Waals surface area (Å²) in [6, 6.07) is 8.71. The van der Waals surface area contributed by atoms with E-state index in [2.05, 4.69) is 4.72 Å². The highest BCUT2D eigenvalue weighted by Crippen LogP contribution is 2.17. The standard InChI is InChI=1S/C13H16N2O2S2/c1-10-4-5-12(9-13(10)14)19(16,17)15-7-6-11-3-2-8-18-11/h2-5,8-9,15H,6-7,14H2,1H3. The Balaban J connectivity index is 2.03. The predicted octanol–water partition coefficient (Wildman–Crippen LogP) is 2.16. The normalized spacial score (nSPS) is 11.6. The van der Waals surface area contributed by atoms with Gasteiger partial charge in [-0.25, -0.2) is 13.1 Å². The first kappa shape index (κ1) is 14.0. The number of hydrogen-bond donors (Lipinski definition) is 2. The van der Waals surface area contributed by atoms with Crippen LogP contribution < -0.4 is 10.5 Å². The molecule has 1 heterocycles. The molecule has 19 heavy (non-hydrogen) atoms. The quantitative estimate of drug-likeness (QED) is 0.831. The second-order valence-corrected chi connectivity index (χ2v) is 7.04. The third-order valence-electron chi connectivity index (χ3n) is 2.80. The van der Waals surface area contributed by atoms with Crippen molar-refractivity contribution >= 4 is 27.0 Å². The van der Waals surface area contributed by atoms with Gasteiger partial charge in [-0.3, -0.25) is 0 Å². The predicted molar refractivity (Wildman–Crippen MR) is 78.8 cm³/mol. The van der Waals surface area contributed by atoms with Gasteiger partial charge in [0.05, 0.1) is 4.90 Å². The maximum absolute atomic E-state index is 12.1. The molecule has 0 aliphatic rings. The van der Waals surface area contributed by atoms with E-state index in [0.29, 0.717) is 18.7 Å². The van der Waals surface area contributed by atoms with Gasteiger partial charge in [-0.1, -0.05) is 12.1 Å². The maximum Gasteiger partial charge on any atom is 0.240 e. The van der Waals surface area contributed by atoms with Crippen LogP contribution in [0.5, 0.6) is 0 Å². The second kappa shape index (κ2) is 5.73. The average Bonchev–Trinajstić information content (AvgIpc) is 2.85. The molecular formula is C13H16N2O2S2. The first-order valence-electron chi connectivity index (χ1n) is 5.87. The molecule has 4 nitrogen and oxygen atoms in total. The van der Waals surface area contributed by atoms with Gasteiger partial charge < -0.3 is 5.73 Å². The van der Waals surface area contributed by atoms with Crippen molar-refractivity contribution in [1.82, 2.24) is 4.72 Å². The van der Waals surface area contributed by atoms with Crippen molar-refractivity contribution in [2.75, 3.05) is 12.3 Å². The third-order valence-corrected chi connectivity index (χ3v) is 5.20. The fraction of sp³-hybridized carbons (Fsp3) is 0.231. The van der Waals surface area contributed by atoms with Crippen molar-refractivity contribution in [3.8, 4) is 0 Å². The summed E-state index contributed by atoms with van der Waals surface area (Å²) in [7, 11) is -3.48. The van der Waals surface area contributed by atoms with Crippen LogP contribution in [0.15, 0.2) is 40.6 Å². The maximum atomic E-state index is 12.1. The summed E-state index contributed by atoms with van der Waals surface area (Å²) in [4.78, 5) is 1.37. The summed E-state index contributed by atoms with van der Waals surface area (Å²) in [6.07, 6.45) is 0.693. The molecule has 0 unspecified atom stereocenters. The summed E-state index contributed by atoms with van der Waals surface area (Å²) >= 11 is 1.62. The summed E-state index contributed by atoms with van der Waals surface area (Å²) in [5, 5.41) is 1.98. The van der Waals surface area contributed by atoms with Crippen LogP contribution in [-0.4, -0.2) is 15.0 Å². The topological polar surface area (TPSA) is 72.2 Å². The lowest BCUT2D eigenvalue weighted by Crippen LogP contribution is -2.26. The first-order valence-corrected chi connectivity index (χ1v) is 8.23. The number of rotatable bonds is 5. The molecule has 2 aromatic rings. The summed E-state index contributed by atoms with van der Waals surface area (Å²) in [5.74, 6) is 0. The Morgan fingerprint density at radius 1 is 1.32 bits per heavy atom. The van der Waals surface area contributed by atoms with Gasteiger partial charge in [0.15, 0.2) is 0 Å². The lowest BCUT2D eigenvalue weighted by Gasteiger charge is -2.08. The van der Waals surface area contributed by atoms with Crippen molar-refractivity contribution in [3.63, 3.8) is 0 Å². The first-order chi connectivity index (χ1) is 8.99. The fourth-order valence-electron chi connectivity index (χ4n) is 1.63. The zero-order valence-corrected chi connectivity index (χ0v) is 12.2. The Hall–Kier alpha value is -1.37. The Kier molecular flexibility index (Phi) is 4.24. The fourth-order valence-corrected chi connectivity index (χ4v) is 3.41. The van der Waals surface area contributed by atoms with Crippen LogP contribution in [-0.2, 0) is 16.4 Å². The number of hydrogen-bond acceptors (Lipinski definition) is 4. The van der Waals surface area contributed by atoms with Crippen LogP contribution in [0.4, 0.5) is 5.69 Å². The van der Waals surface area contributed by atoms with E-state index in [0.717, 1.165) is 10.4 Å². The molecule has 0 radical (unpaired) electrons. The van der Waals surface area contributed by atoms with E-state index in [4.69, 9.17) is 5.73 Å². The SMILES string of the molecule is Cc1ccc(S(=O)(=O)NCCc2cccs2)cc1N. The molecule has 0 saturated carbocycles. The van der Waals surface area contributed by atoms with E-state index in [-0.39, 0.29) is 4.90 Å². The number of sulfonamides is 1. The second-order valence-electron chi connectivity index (χ2n) is 4.25. The number of aryl methyl sites for hydroxylation is 1. The van der Waals surface area contributed by atoms with E-state index >= 15 is 0 Å². The van der Waals surface area contributed by atoms with Crippen LogP contribution in [0.1, 0.15) is 10.4 Å². The van der Waals surface area contributed by atoms with Crippen LogP contribution in [0, 0.1) is 6.92 Å². The highest BCUT2D eigenvalue weighted by Gasteiger charge is 2.14. The highest BCUT2D eigenvalue weighted by molar-refractivity contribution is 7.89. The van der Waals surface area contributed by atoms with Crippen LogP contribution in [0.3, 0.4) is 0 Å². The van der Waals surface area contributed by atoms with E-state index < -0.39 is 10.0 Å². The smallest absolute Gasteiger partial charge is 0.240 e. The molecule has 0 amide bonds. The van der Waals surface area contributed by atoms with E-state index in [1.165, 1.54) is 6.07 Å². The lowest BCUT2D eigenvalue weighted by molar-refractivity contribution is 0.582. The Labute approximate surface area is 117 Å². The number of benzene rings is 1. The van der Waals surface area contributed by atoms with Gasteiger partial charge >= 0.3 is 0 Å². The molecule has 0 fully saturated rings. The van der Waals surface area contributed by atoms with Crippen molar-refractivity contribution in [2.45, 2.75) is 18.2 Å². The minimum atomic E-state index is -3.48. The molecule has 102 valence electrons. The van der Waals surface area contributed by atoms with Gasteiger partial charge in [0.25, 0.3) is 0 Å². The molecule has 3 N–H and O–H groups in total. The molecule has 2 rings (SSSR count). The Morgan fingerprint density at radius 2 is 2.11 bits per heavy atom. The zero-order valence-electron chi connectivity index (χ0n) is 10.6. The lowest BCUT2D eigenvalue weighted by atomic mass is 10.2. The number of nitrogens with one attached hydrogen (secondary N) is 1. The van der Waals surface area contributed by atoms with Gasteiger partial charge in [-0.05, 0) is 42.5 Å². The monoisotopic (exact) mass is 296 g/mol. The summed E-state index contributed by atoms with van der Waals surface area (Å²) in [5.41, 5.74) is 7.09. The minimum Gasteiger partial charge on any atom is -0.398 e. The number of nitrogen functional groups attached to an aromatic ring is 1. The molecular weight excluding hydrogens is 280 g/mol. The van der Waals surface area contributed by atoms with Crippen LogP contribution in [0.25, 0.3) is 0 Å². The average molecular weight is 296 g/mol. The Morgan fingerprint density at radius 3 is 2.74 bits per heavy atom.